The molecule has 0 unspecified atom stereocenters. The van der Waals surface area contributed by atoms with Crippen LogP contribution in [-0.2, 0) is 14.3 Å². The van der Waals surface area contributed by atoms with E-state index in [2.05, 4.69) is 0 Å². The largest absolute Gasteiger partial charge is 0.458 e. The van der Waals surface area contributed by atoms with Crippen molar-refractivity contribution in [1.29, 1.82) is 0 Å². The highest BCUT2D eigenvalue weighted by molar-refractivity contribution is 5.81. The fourth-order valence-electron chi connectivity index (χ4n) is 1.87. The summed E-state index contributed by atoms with van der Waals surface area (Å²) in [4.78, 5) is 25.7. The zero-order chi connectivity index (χ0) is 18.2. The number of nitrogens with zero attached hydrogens (tertiary/aromatic N) is 1. The maximum atomic E-state index is 12.4. The van der Waals surface area contributed by atoms with Crippen LogP contribution in [0.5, 0.6) is 0 Å². The van der Waals surface area contributed by atoms with Crippen LogP contribution in [0, 0.1) is 5.92 Å². The molecule has 0 aromatic carbocycles. The molecule has 0 rings (SSSR count). The summed E-state index contributed by atoms with van der Waals surface area (Å²) in [6.45, 7) is 7.87. The number of aliphatic hydroxyl groups is 1. The molecule has 0 radical (unpaired) electrons. The number of carbonyl (C=O) groups is 2. The first kappa shape index (κ1) is 21.6. The van der Waals surface area contributed by atoms with E-state index >= 15 is 0 Å². The SMILES string of the molecule is CC(C)C[C@@H](C(=O)O[C@@H](CO)CCF)N(C)C(=O)OC(C)(C)C. The van der Waals surface area contributed by atoms with Crippen molar-refractivity contribution in [2.24, 2.45) is 5.92 Å². The highest BCUT2D eigenvalue weighted by Crippen LogP contribution is 2.17. The smallest absolute Gasteiger partial charge is 0.410 e. The van der Waals surface area contributed by atoms with E-state index < -0.39 is 43.1 Å². The van der Waals surface area contributed by atoms with Crippen molar-refractivity contribution in [2.45, 2.75) is 65.2 Å². The Hall–Kier alpha value is -1.37. The first-order valence-corrected chi connectivity index (χ1v) is 7.85. The predicted molar refractivity (Wildman–Crippen MR) is 84.8 cm³/mol. The molecule has 1 N–H and O–H groups in total. The molecule has 0 aromatic heterocycles. The monoisotopic (exact) mass is 335 g/mol. The number of hydrogen-bond donors (Lipinski definition) is 1. The summed E-state index contributed by atoms with van der Waals surface area (Å²) in [5.74, 6) is -0.536. The molecule has 0 saturated carbocycles. The Balaban J connectivity index is 5.04. The summed E-state index contributed by atoms with van der Waals surface area (Å²) >= 11 is 0. The number of carbonyl (C=O) groups excluding carboxylic acids is 2. The van der Waals surface area contributed by atoms with Crippen LogP contribution in [0.1, 0.15) is 47.5 Å². The summed E-state index contributed by atoms with van der Waals surface area (Å²) in [6, 6.07) is -0.849. The van der Waals surface area contributed by atoms with Crippen molar-refractivity contribution in [3.8, 4) is 0 Å². The van der Waals surface area contributed by atoms with Gasteiger partial charge in [-0.3, -0.25) is 9.29 Å². The molecule has 136 valence electrons. The van der Waals surface area contributed by atoms with E-state index in [4.69, 9.17) is 14.6 Å². The molecule has 0 aliphatic rings. The minimum atomic E-state index is -0.908. The highest BCUT2D eigenvalue weighted by Gasteiger charge is 2.33. The Kier molecular flexibility index (Phi) is 9.12. The van der Waals surface area contributed by atoms with Gasteiger partial charge >= 0.3 is 12.1 Å². The van der Waals surface area contributed by atoms with Gasteiger partial charge in [-0.25, -0.2) is 9.59 Å². The minimum Gasteiger partial charge on any atom is -0.458 e. The van der Waals surface area contributed by atoms with Crippen molar-refractivity contribution >= 4 is 12.1 Å². The van der Waals surface area contributed by atoms with Crippen LogP contribution >= 0.6 is 0 Å². The summed E-state index contributed by atoms with van der Waals surface area (Å²) in [7, 11) is 1.46. The number of hydrogen-bond acceptors (Lipinski definition) is 5. The second kappa shape index (κ2) is 9.70. The molecule has 0 aliphatic carbocycles. The molecule has 0 bridgehead atoms. The van der Waals surface area contributed by atoms with E-state index in [1.165, 1.54) is 11.9 Å². The molecule has 1 amide bonds. The Morgan fingerprint density at radius 2 is 1.83 bits per heavy atom. The lowest BCUT2D eigenvalue weighted by atomic mass is 10.0. The van der Waals surface area contributed by atoms with Gasteiger partial charge in [0.2, 0.25) is 0 Å². The summed E-state index contributed by atoms with van der Waals surface area (Å²) in [5, 5.41) is 9.12. The fraction of sp³-hybridized carbons (Fsp3) is 0.875. The molecule has 2 atom stereocenters. The number of aliphatic hydroxyl groups excluding tert-OH is 1. The van der Waals surface area contributed by atoms with Gasteiger partial charge in [-0.15, -0.1) is 0 Å². The lowest BCUT2D eigenvalue weighted by Gasteiger charge is -2.31. The number of halogens is 1. The van der Waals surface area contributed by atoms with Gasteiger partial charge in [0.25, 0.3) is 0 Å². The normalized spacial score (nSPS) is 14.3. The molecule has 0 aromatic rings. The molecule has 0 fully saturated rings. The van der Waals surface area contributed by atoms with Gasteiger partial charge in [-0.05, 0) is 33.1 Å². The molecule has 0 heterocycles. The first-order chi connectivity index (χ1) is 10.5. The molecular weight excluding hydrogens is 305 g/mol. The van der Waals surface area contributed by atoms with Crippen LogP contribution in [0.15, 0.2) is 0 Å². The molecular formula is C16H30FNO5. The second-order valence-electron chi connectivity index (χ2n) is 6.96. The zero-order valence-corrected chi connectivity index (χ0v) is 15.0. The quantitative estimate of drug-likeness (QED) is 0.690. The predicted octanol–water partition coefficient (Wildman–Crippen LogP) is 2.53. The third-order valence-corrected chi connectivity index (χ3v) is 3.03. The second-order valence-corrected chi connectivity index (χ2v) is 6.96. The fourth-order valence-corrected chi connectivity index (χ4v) is 1.87. The Labute approximate surface area is 137 Å². The lowest BCUT2D eigenvalue weighted by molar-refractivity contribution is -0.158. The maximum absolute atomic E-state index is 12.4. The molecule has 0 spiro atoms. The Bertz CT molecular complexity index is 381. The van der Waals surface area contributed by atoms with Crippen LogP contribution in [0.2, 0.25) is 0 Å². The average Bonchev–Trinajstić information content (AvgIpc) is 2.41. The number of rotatable bonds is 8. The number of alkyl halides is 1. The van der Waals surface area contributed by atoms with Gasteiger partial charge < -0.3 is 14.6 Å². The van der Waals surface area contributed by atoms with Crippen LogP contribution in [0.3, 0.4) is 0 Å². The molecule has 6 nitrogen and oxygen atoms in total. The third kappa shape index (κ3) is 8.74. The highest BCUT2D eigenvalue weighted by atomic mass is 19.1. The number of likely N-dealkylation sites (N-methyl/N-ethyl adjacent to an activating group) is 1. The van der Waals surface area contributed by atoms with Crippen LogP contribution < -0.4 is 0 Å². The first-order valence-electron chi connectivity index (χ1n) is 7.85. The molecule has 7 heteroatoms. The van der Waals surface area contributed by atoms with Gasteiger partial charge in [-0.1, -0.05) is 13.8 Å². The summed E-state index contributed by atoms with van der Waals surface area (Å²) in [6.07, 6.45) is -1.24. The van der Waals surface area contributed by atoms with Crippen LogP contribution in [-0.4, -0.2) is 60.1 Å². The number of esters is 1. The van der Waals surface area contributed by atoms with E-state index in [9.17, 15) is 14.0 Å². The van der Waals surface area contributed by atoms with Crippen molar-refractivity contribution < 1.29 is 28.6 Å². The standard InChI is InChI=1S/C16H30FNO5/c1-11(2)9-13(14(20)22-12(10-19)7-8-17)18(6)15(21)23-16(3,4)5/h11-13,19H,7-10H2,1-6H3/t12-,13+/m1/s1. The van der Waals surface area contributed by atoms with Gasteiger partial charge in [0.05, 0.1) is 13.3 Å². The van der Waals surface area contributed by atoms with E-state index in [1.54, 1.807) is 20.8 Å². The lowest BCUT2D eigenvalue weighted by Crippen LogP contribution is -2.47. The van der Waals surface area contributed by atoms with Crippen molar-refractivity contribution in [3.63, 3.8) is 0 Å². The summed E-state index contributed by atoms with van der Waals surface area (Å²) in [5.41, 5.74) is -0.681. The van der Waals surface area contributed by atoms with Gasteiger partial charge in [0.1, 0.15) is 17.7 Å². The van der Waals surface area contributed by atoms with Crippen LogP contribution in [0.25, 0.3) is 0 Å². The van der Waals surface area contributed by atoms with E-state index in [1.807, 2.05) is 13.8 Å². The zero-order valence-electron chi connectivity index (χ0n) is 15.0. The number of amides is 1. The topological polar surface area (TPSA) is 76.1 Å². The van der Waals surface area contributed by atoms with Crippen LogP contribution in [0.4, 0.5) is 9.18 Å². The third-order valence-electron chi connectivity index (χ3n) is 3.03. The summed E-state index contributed by atoms with van der Waals surface area (Å²) < 4.78 is 22.8. The molecule has 0 aliphatic heterocycles. The minimum absolute atomic E-state index is 0.0766. The van der Waals surface area contributed by atoms with E-state index in [0.29, 0.717) is 6.42 Å². The van der Waals surface area contributed by atoms with Gasteiger partial charge in [-0.2, -0.15) is 0 Å². The van der Waals surface area contributed by atoms with Crippen molar-refractivity contribution in [2.75, 3.05) is 20.3 Å². The number of ether oxygens (including phenoxy) is 2. The van der Waals surface area contributed by atoms with E-state index in [0.717, 1.165) is 0 Å². The van der Waals surface area contributed by atoms with Crippen molar-refractivity contribution in [3.05, 3.63) is 0 Å². The van der Waals surface area contributed by atoms with Crippen molar-refractivity contribution in [1.82, 2.24) is 4.90 Å². The van der Waals surface area contributed by atoms with Gasteiger partial charge in [0, 0.05) is 13.5 Å². The van der Waals surface area contributed by atoms with Gasteiger partial charge in [0.15, 0.2) is 0 Å². The Morgan fingerprint density at radius 1 is 1.26 bits per heavy atom. The average molecular weight is 335 g/mol. The maximum Gasteiger partial charge on any atom is 0.410 e. The van der Waals surface area contributed by atoms with E-state index in [-0.39, 0.29) is 12.3 Å². The Morgan fingerprint density at radius 3 is 2.22 bits per heavy atom. The molecule has 0 saturated heterocycles. The molecule has 23 heavy (non-hydrogen) atoms.